The van der Waals surface area contributed by atoms with Crippen molar-refractivity contribution in [3.05, 3.63) is 48.5 Å². The van der Waals surface area contributed by atoms with Crippen LogP contribution < -0.4 is 4.74 Å². The average molecular weight is 300 g/mol. The zero-order chi connectivity index (χ0) is 12.7. The number of hydrogen-bond donors (Lipinski definition) is 3. The van der Waals surface area contributed by atoms with Crippen LogP contribution in [0.4, 0.5) is 0 Å². The first-order chi connectivity index (χ1) is 8.15. The predicted octanol–water partition coefficient (Wildman–Crippen LogP) is 2.50. The van der Waals surface area contributed by atoms with E-state index >= 15 is 0 Å². The first-order valence-corrected chi connectivity index (χ1v) is 4.94. The molecule has 3 N–H and O–H groups in total. The third-order valence-electron chi connectivity index (χ3n) is 1.97. The molecule has 0 amide bonds. The zero-order valence-corrected chi connectivity index (χ0v) is 13.0. The van der Waals surface area contributed by atoms with Crippen LogP contribution in [0.3, 0.4) is 0 Å². The first-order valence-electron chi connectivity index (χ1n) is 4.94. The summed E-state index contributed by atoms with van der Waals surface area (Å²) in [5, 5.41) is 26.3. The fraction of sp³-hybridized carbons (Fsp3) is 0.0769. The van der Waals surface area contributed by atoms with E-state index in [2.05, 4.69) is 0 Å². The number of ether oxygens (including phenoxy) is 1. The summed E-state index contributed by atoms with van der Waals surface area (Å²) in [5.74, 6) is 0.539. The molecule has 92 valence electrons. The summed E-state index contributed by atoms with van der Waals surface area (Å²) < 4.78 is 4.79. The second-order valence-electron chi connectivity index (χ2n) is 3.16. The Hall–Kier alpha value is -1.74. The Morgan fingerprint density at radius 1 is 0.722 bits per heavy atom. The minimum atomic E-state index is -0.0764. The molecule has 5 heteroatoms. The van der Waals surface area contributed by atoms with Gasteiger partial charge in [0.15, 0.2) is 23.0 Å². The van der Waals surface area contributed by atoms with E-state index in [1.165, 1.54) is 19.2 Å². The summed E-state index contributed by atoms with van der Waals surface area (Å²) in [4.78, 5) is 0. The monoisotopic (exact) mass is 298 g/mol. The molecular formula is C13H14O4Zn. The van der Waals surface area contributed by atoms with Crippen LogP contribution in [0.5, 0.6) is 23.0 Å². The molecule has 18 heavy (non-hydrogen) atoms. The molecule has 0 bridgehead atoms. The Balaban J connectivity index is 0.000000306. The van der Waals surface area contributed by atoms with Gasteiger partial charge in [-0.3, -0.25) is 0 Å². The van der Waals surface area contributed by atoms with E-state index < -0.39 is 0 Å². The van der Waals surface area contributed by atoms with Gasteiger partial charge in [-0.2, -0.15) is 0 Å². The van der Waals surface area contributed by atoms with Gasteiger partial charge < -0.3 is 20.1 Å². The van der Waals surface area contributed by atoms with Crippen molar-refractivity contribution in [2.24, 2.45) is 0 Å². The topological polar surface area (TPSA) is 69.9 Å². The van der Waals surface area contributed by atoms with E-state index in [9.17, 15) is 0 Å². The van der Waals surface area contributed by atoms with Crippen molar-refractivity contribution in [2.45, 2.75) is 0 Å². The van der Waals surface area contributed by atoms with Gasteiger partial charge >= 0.3 is 0 Å². The molecule has 4 nitrogen and oxygen atoms in total. The van der Waals surface area contributed by atoms with Crippen molar-refractivity contribution < 1.29 is 39.5 Å². The van der Waals surface area contributed by atoms with Crippen molar-refractivity contribution in [3.63, 3.8) is 0 Å². The van der Waals surface area contributed by atoms with Gasteiger partial charge in [0.1, 0.15) is 0 Å². The zero-order valence-electron chi connectivity index (χ0n) is 10.1. The summed E-state index contributed by atoms with van der Waals surface area (Å²) in [5.41, 5.74) is 0. The molecule has 0 spiro atoms. The Kier molecular flexibility index (Phi) is 7.56. The van der Waals surface area contributed by atoms with Gasteiger partial charge in [-0.25, -0.2) is 0 Å². The predicted molar refractivity (Wildman–Crippen MR) is 64.4 cm³/mol. The number of phenolic OH excluding ortho intramolecular Hbond substituents is 3. The second kappa shape index (κ2) is 8.37. The van der Waals surface area contributed by atoms with Crippen molar-refractivity contribution in [3.8, 4) is 23.0 Å². The van der Waals surface area contributed by atoms with Crippen LogP contribution in [0.15, 0.2) is 48.5 Å². The number of aromatic hydroxyl groups is 3. The van der Waals surface area contributed by atoms with Crippen molar-refractivity contribution >= 4 is 0 Å². The summed E-state index contributed by atoms with van der Waals surface area (Å²) in [6.07, 6.45) is 0. The number of hydrogen-bond acceptors (Lipinski definition) is 4. The molecule has 0 aliphatic rings. The number of para-hydroxylation sites is 4. The van der Waals surface area contributed by atoms with Crippen molar-refractivity contribution in [2.75, 3.05) is 7.11 Å². The minimum Gasteiger partial charge on any atom is -0.504 e. The molecule has 2 aromatic carbocycles. The average Bonchev–Trinajstić information content (AvgIpc) is 2.34. The van der Waals surface area contributed by atoms with E-state index in [1.807, 2.05) is 0 Å². The Morgan fingerprint density at radius 3 is 1.39 bits per heavy atom. The quantitative estimate of drug-likeness (QED) is 0.559. The van der Waals surface area contributed by atoms with E-state index in [1.54, 1.807) is 36.4 Å². The molecular weight excluding hydrogens is 286 g/mol. The van der Waals surface area contributed by atoms with Crippen LogP contribution in [0.25, 0.3) is 0 Å². The van der Waals surface area contributed by atoms with E-state index in [0.29, 0.717) is 5.75 Å². The van der Waals surface area contributed by atoms with Crippen LogP contribution in [-0.2, 0) is 19.5 Å². The van der Waals surface area contributed by atoms with Gasteiger partial charge in [0.2, 0.25) is 0 Å². The molecule has 0 saturated carbocycles. The van der Waals surface area contributed by atoms with Crippen LogP contribution in [0, 0.1) is 0 Å². The van der Waals surface area contributed by atoms with E-state index in [0.717, 1.165) is 0 Å². The number of methoxy groups -OCH3 is 1. The SMILES string of the molecule is COc1ccccc1O.Oc1ccccc1O.[Zn]. The van der Waals surface area contributed by atoms with Gasteiger partial charge in [-0.15, -0.1) is 0 Å². The van der Waals surface area contributed by atoms with Gasteiger partial charge in [-0.05, 0) is 24.3 Å². The third kappa shape index (κ3) is 5.06. The molecule has 0 fully saturated rings. The molecule has 0 atom stereocenters. The van der Waals surface area contributed by atoms with Crippen molar-refractivity contribution in [1.29, 1.82) is 0 Å². The van der Waals surface area contributed by atoms with Crippen LogP contribution in [0.1, 0.15) is 0 Å². The molecule has 0 aliphatic heterocycles. The van der Waals surface area contributed by atoms with Crippen LogP contribution in [0.2, 0.25) is 0 Å². The Morgan fingerprint density at radius 2 is 1.11 bits per heavy atom. The summed E-state index contributed by atoms with van der Waals surface area (Å²) >= 11 is 0. The number of benzene rings is 2. The fourth-order valence-electron chi connectivity index (χ4n) is 1.09. The Labute approximate surface area is 118 Å². The molecule has 0 heterocycles. The summed E-state index contributed by atoms with van der Waals surface area (Å²) in [7, 11) is 1.52. The number of phenols is 3. The molecule has 0 saturated heterocycles. The van der Waals surface area contributed by atoms with Gasteiger partial charge in [-0.1, -0.05) is 24.3 Å². The number of rotatable bonds is 1. The van der Waals surface area contributed by atoms with E-state index in [4.69, 9.17) is 20.1 Å². The maximum Gasteiger partial charge on any atom is 0.160 e. The summed E-state index contributed by atoms with van der Waals surface area (Å²) in [6, 6.07) is 13.0. The molecule has 0 unspecified atom stereocenters. The van der Waals surface area contributed by atoms with Crippen LogP contribution >= 0.6 is 0 Å². The van der Waals surface area contributed by atoms with Crippen LogP contribution in [-0.4, -0.2) is 22.4 Å². The minimum absolute atomic E-state index is 0. The molecule has 0 radical (unpaired) electrons. The largest absolute Gasteiger partial charge is 0.504 e. The Bertz CT molecular complexity index is 453. The maximum absolute atomic E-state index is 8.99. The standard InChI is InChI=1S/C7H8O2.C6H6O2.Zn/c1-9-7-5-3-2-4-6(7)8;7-5-3-1-2-4-6(5)8;/h2-5,8H,1H3;1-4,7-8H;. The van der Waals surface area contributed by atoms with Gasteiger partial charge in [0, 0.05) is 19.5 Å². The smallest absolute Gasteiger partial charge is 0.160 e. The van der Waals surface area contributed by atoms with Gasteiger partial charge in [0.05, 0.1) is 7.11 Å². The van der Waals surface area contributed by atoms with E-state index in [-0.39, 0.29) is 36.7 Å². The molecule has 0 aromatic heterocycles. The molecule has 2 aromatic rings. The maximum atomic E-state index is 8.99. The second-order valence-corrected chi connectivity index (χ2v) is 3.16. The third-order valence-corrected chi connectivity index (χ3v) is 1.97. The van der Waals surface area contributed by atoms with Crippen molar-refractivity contribution in [1.82, 2.24) is 0 Å². The fourth-order valence-corrected chi connectivity index (χ4v) is 1.09. The van der Waals surface area contributed by atoms with Gasteiger partial charge in [0.25, 0.3) is 0 Å². The molecule has 0 aliphatic carbocycles. The first kappa shape index (κ1) is 16.3. The summed E-state index contributed by atoms with van der Waals surface area (Å²) in [6.45, 7) is 0. The normalized spacial score (nSPS) is 8.50. The molecule has 2 rings (SSSR count).